The Morgan fingerprint density at radius 3 is 1.68 bits per heavy atom. The lowest BCUT2D eigenvalue weighted by atomic mass is 9.94. The molecule has 0 saturated heterocycles. The van der Waals surface area contributed by atoms with E-state index < -0.39 is 0 Å². The Hall–Kier alpha value is -1.70. The van der Waals surface area contributed by atoms with Crippen LogP contribution in [0.1, 0.15) is 50.6 Å². The van der Waals surface area contributed by atoms with Crippen molar-refractivity contribution in [3.05, 3.63) is 56.7 Å². The van der Waals surface area contributed by atoms with Crippen molar-refractivity contribution in [3.8, 4) is 0 Å². The molecule has 22 heavy (non-hydrogen) atoms. The first-order valence-corrected chi connectivity index (χ1v) is 8.07. The maximum absolute atomic E-state index is 2.36. The van der Waals surface area contributed by atoms with Gasteiger partial charge in [0, 0.05) is 43.0 Å². The fourth-order valence-electron chi connectivity index (χ4n) is 3.41. The van der Waals surface area contributed by atoms with Crippen LogP contribution in [0, 0.1) is 48.5 Å². The molecule has 0 aliphatic heterocycles. The van der Waals surface area contributed by atoms with Crippen molar-refractivity contribution in [2.45, 2.75) is 54.9 Å². The summed E-state index contributed by atoms with van der Waals surface area (Å²) in [6.07, 6.45) is 1.00. The van der Waals surface area contributed by atoms with Crippen LogP contribution in [0.5, 0.6) is 0 Å². The molecule has 0 spiro atoms. The monoisotopic (exact) mass is 298 g/mol. The van der Waals surface area contributed by atoms with Crippen molar-refractivity contribution in [1.29, 1.82) is 0 Å². The zero-order valence-electron chi connectivity index (χ0n) is 15.7. The average Bonchev–Trinajstić information content (AvgIpc) is 2.48. The second-order valence-electron chi connectivity index (χ2n) is 6.74. The Morgan fingerprint density at radius 1 is 0.682 bits per heavy atom. The predicted molar refractivity (Wildman–Crippen MR) is 91.2 cm³/mol. The van der Waals surface area contributed by atoms with Gasteiger partial charge in [0.25, 0.3) is 0 Å². The van der Waals surface area contributed by atoms with E-state index in [2.05, 4.69) is 77.8 Å². The molecule has 118 valence electrons. The number of aromatic nitrogens is 2. The van der Waals surface area contributed by atoms with Gasteiger partial charge in [-0.15, -0.1) is 0 Å². The maximum Gasteiger partial charge on any atom is 0.188 e. The quantitative estimate of drug-likeness (QED) is 0.753. The lowest BCUT2D eigenvalue weighted by Gasteiger charge is -2.14. The van der Waals surface area contributed by atoms with Crippen molar-refractivity contribution in [2.24, 2.45) is 14.1 Å². The molecular formula is C20H30N2+2. The van der Waals surface area contributed by atoms with E-state index in [-0.39, 0.29) is 0 Å². The van der Waals surface area contributed by atoms with E-state index in [1.54, 1.807) is 0 Å². The molecule has 0 aliphatic rings. The molecule has 0 atom stereocenters. The fraction of sp³-hybridized carbons (Fsp3) is 0.500. The smallest absolute Gasteiger partial charge is 0.188 e. The summed E-state index contributed by atoms with van der Waals surface area (Å²) in [7, 11) is 4.35. The van der Waals surface area contributed by atoms with E-state index >= 15 is 0 Å². The van der Waals surface area contributed by atoms with Crippen molar-refractivity contribution >= 4 is 0 Å². The van der Waals surface area contributed by atoms with E-state index in [0.29, 0.717) is 0 Å². The maximum atomic E-state index is 2.36. The third-order valence-corrected chi connectivity index (χ3v) is 5.71. The molecule has 0 fully saturated rings. The average molecular weight is 298 g/mol. The summed E-state index contributed by atoms with van der Waals surface area (Å²) in [5, 5.41) is 0. The van der Waals surface area contributed by atoms with E-state index in [1.165, 1.54) is 50.6 Å². The van der Waals surface area contributed by atoms with Gasteiger partial charge in [-0.3, -0.25) is 0 Å². The molecule has 0 amide bonds. The summed E-state index contributed by atoms with van der Waals surface area (Å²) in [5.74, 6) is 0. The van der Waals surface area contributed by atoms with Crippen LogP contribution in [0.25, 0.3) is 0 Å². The Bertz CT molecular complexity index is 726. The van der Waals surface area contributed by atoms with E-state index in [4.69, 9.17) is 0 Å². The molecule has 0 unspecified atom stereocenters. The molecule has 2 rings (SSSR count). The molecule has 0 N–H and O–H groups in total. The third-order valence-electron chi connectivity index (χ3n) is 5.71. The standard InChI is InChI=1S/C20H30N2/c1-12-10-13(2)20(22(9)16(12)5)11-19-14(3)17(6)21(8)18(7)15(19)4/h10H,11H2,1-9H3/q+2. The number of nitrogens with zero attached hydrogens (tertiary/aromatic N) is 2. The van der Waals surface area contributed by atoms with Crippen LogP contribution < -0.4 is 9.13 Å². The summed E-state index contributed by atoms with van der Waals surface area (Å²) in [5.41, 5.74) is 12.6. The molecule has 0 aromatic carbocycles. The van der Waals surface area contributed by atoms with E-state index in [1.807, 2.05) is 0 Å². The van der Waals surface area contributed by atoms with Crippen LogP contribution >= 0.6 is 0 Å². The van der Waals surface area contributed by atoms with Crippen LogP contribution in [0.2, 0.25) is 0 Å². The molecule has 2 aromatic heterocycles. The third kappa shape index (κ3) is 2.55. The first-order chi connectivity index (χ1) is 10.2. The molecule has 0 radical (unpaired) electrons. The zero-order valence-corrected chi connectivity index (χ0v) is 15.7. The predicted octanol–water partition coefficient (Wildman–Crippen LogP) is 3.09. The highest BCUT2D eigenvalue weighted by Gasteiger charge is 2.23. The second kappa shape index (κ2) is 5.83. The van der Waals surface area contributed by atoms with Gasteiger partial charge in [-0.05, 0) is 39.3 Å². The minimum Gasteiger partial charge on any atom is -0.202 e. The molecule has 0 saturated carbocycles. The number of hydrogen-bond acceptors (Lipinski definition) is 0. The Kier molecular flexibility index (Phi) is 4.42. The van der Waals surface area contributed by atoms with Gasteiger partial charge in [-0.1, -0.05) is 0 Å². The lowest BCUT2D eigenvalue weighted by Crippen LogP contribution is -2.40. The lowest BCUT2D eigenvalue weighted by molar-refractivity contribution is -0.686. The molecule has 2 heterocycles. The second-order valence-corrected chi connectivity index (χ2v) is 6.74. The summed E-state index contributed by atoms with van der Waals surface area (Å²) in [6, 6.07) is 2.32. The van der Waals surface area contributed by atoms with Crippen LogP contribution in [0.4, 0.5) is 0 Å². The van der Waals surface area contributed by atoms with Gasteiger partial charge < -0.3 is 0 Å². The summed E-state index contributed by atoms with van der Waals surface area (Å²) in [4.78, 5) is 0. The molecule has 0 bridgehead atoms. The fourth-order valence-corrected chi connectivity index (χ4v) is 3.41. The number of aryl methyl sites for hydroxylation is 2. The summed E-state index contributed by atoms with van der Waals surface area (Å²) < 4.78 is 4.67. The first-order valence-electron chi connectivity index (χ1n) is 8.07. The minimum absolute atomic E-state index is 1.00. The van der Waals surface area contributed by atoms with Crippen molar-refractivity contribution < 1.29 is 9.13 Å². The Balaban J connectivity index is 2.66. The van der Waals surface area contributed by atoms with Crippen LogP contribution in [0.15, 0.2) is 6.07 Å². The summed E-state index contributed by atoms with van der Waals surface area (Å²) >= 11 is 0. The van der Waals surface area contributed by atoms with Crippen LogP contribution in [-0.2, 0) is 20.5 Å². The molecule has 2 aromatic rings. The molecule has 2 nitrogen and oxygen atoms in total. The van der Waals surface area contributed by atoms with Gasteiger partial charge >= 0.3 is 0 Å². The number of pyridine rings is 2. The number of rotatable bonds is 2. The van der Waals surface area contributed by atoms with Gasteiger partial charge in [0.2, 0.25) is 0 Å². The highest BCUT2D eigenvalue weighted by molar-refractivity contribution is 5.39. The summed E-state index contributed by atoms with van der Waals surface area (Å²) in [6.45, 7) is 15.6. The Morgan fingerprint density at radius 2 is 1.18 bits per heavy atom. The minimum atomic E-state index is 1.00. The van der Waals surface area contributed by atoms with Gasteiger partial charge in [0.1, 0.15) is 14.1 Å². The highest BCUT2D eigenvalue weighted by atomic mass is 15.0. The Labute approximate surface area is 135 Å². The van der Waals surface area contributed by atoms with Gasteiger partial charge in [-0.25, -0.2) is 9.13 Å². The van der Waals surface area contributed by atoms with E-state index in [9.17, 15) is 0 Å². The highest BCUT2D eigenvalue weighted by Crippen LogP contribution is 2.22. The van der Waals surface area contributed by atoms with Crippen LogP contribution in [0.3, 0.4) is 0 Å². The van der Waals surface area contributed by atoms with Gasteiger partial charge in [0.15, 0.2) is 22.8 Å². The number of hydrogen-bond donors (Lipinski definition) is 0. The van der Waals surface area contributed by atoms with Gasteiger partial charge in [0.05, 0.1) is 6.42 Å². The molecule has 0 aliphatic carbocycles. The van der Waals surface area contributed by atoms with E-state index in [0.717, 1.165) is 6.42 Å². The molecule has 2 heteroatoms. The van der Waals surface area contributed by atoms with Crippen molar-refractivity contribution in [1.82, 2.24) is 0 Å². The molecular weight excluding hydrogens is 268 g/mol. The zero-order chi connectivity index (χ0) is 16.8. The van der Waals surface area contributed by atoms with Gasteiger partial charge in [-0.2, -0.15) is 0 Å². The SMILES string of the molecule is Cc1cc(C)c(Cc2c(C)c(C)[n+](C)c(C)c2C)[n+](C)c1C. The van der Waals surface area contributed by atoms with Crippen molar-refractivity contribution in [2.75, 3.05) is 0 Å². The largest absolute Gasteiger partial charge is 0.202 e. The van der Waals surface area contributed by atoms with Crippen molar-refractivity contribution in [3.63, 3.8) is 0 Å². The van der Waals surface area contributed by atoms with Crippen LogP contribution in [-0.4, -0.2) is 0 Å². The first kappa shape index (κ1) is 16.7. The topological polar surface area (TPSA) is 7.76 Å². The normalized spacial score (nSPS) is 11.1.